The van der Waals surface area contributed by atoms with Crippen molar-refractivity contribution in [1.82, 2.24) is 15.3 Å². The van der Waals surface area contributed by atoms with Gasteiger partial charge < -0.3 is 10.3 Å². The molecular formula is C15H19N3O. The normalized spacial score (nSPS) is 16.8. The van der Waals surface area contributed by atoms with Gasteiger partial charge in [0.2, 0.25) is 0 Å². The zero-order valence-corrected chi connectivity index (χ0v) is 11.0. The minimum Gasteiger partial charge on any atom is -0.309 e. The standard InChI is InChI=1S/C15H19N3O/c19-15-12-8-4-5-9-13(12)17-14(18-15)10-16-11-6-2-1-3-7-11/h4-5,8-9,11,16H,1-3,6-7,10H2,(H,17,18,19). The third-order valence-corrected chi connectivity index (χ3v) is 3.83. The molecule has 1 aromatic carbocycles. The van der Waals surface area contributed by atoms with Crippen LogP contribution in [0.15, 0.2) is 29.1 Å². The number of H-pyrrole nitrogens is 1. The van der Waals surface area contributed by atoms with Gasteiger partial charge in [-0.1, -0.05) is 31.4 Å². The summed E-state index contributed by atoms with van der Waals surface area (Å²) in [5.41, 5.74) is 0.720. The highest BCUT2D eigenvalue weighted by atomic mass is 16.1. The molecule has 1 aliphatic rings. The molecule has 1 saturated carbocycles. The SMILES string of the molecule is O=c1[nH]c(CNC2CCCCC2)nc2ccccc12. The molecule has 1 heterocycles. The lowest BCUT2D eigenvalue weighted by Crippen LogP contribution is -2.31. The van der Waals surface area contributed by atoms with Crippen LogP contribution in [0.5, 0.6) is 0 Å². The summed E-state index contributed by atoms with van der Waals surface area (Å²) in [4.78, 5) is 19.3. The van der Waals surface area contributed by atoms with Crippen molar-refractivity contribution in [1.29, 1.82) is 0 Å². The van der Waals surface area contributed by atoms with Crippen LogP contribution in [0.4, 0.5) is 0 Å². The summed E-state index contributed by atoms with van der Waals surface area (Å²) in [6, 6.07) is 8.03. The van der Waals surface area contributed by atoms with E-state index in [1.54, 1.807) is 6.07 Å². The van der Waals surface area contributed by atoms with E-state index in [4.69, 9.17) is 0 Å². The average molecular weight is 257 g/mol. The molecule has 1 fully saturated rings. The second-order valence-corrected chi connectivity index (χ2v) is 5.25. The first kappa shape index (κ1) is 12.4. The van der Waals surface area contributed by atoms with E-state index in [9.17, 15) is 4.79 Å². The van der Waals surface area contributed by atoms with Crippen molar-refractivity contribution < 1.29 is 0 Å². The van der Waals surface area contributed by atoms with Crippen molar-refractivity contribution in [3.8, 4) is 0 Å². The fourth-order valence-electron chi connectivity index (χ4n) is 2.77. The maximum absolute atomic E-state index is 11.9. The van der Waals surface area contributed by atoms with Gasteiger partial charge in [0.15, 0.2) is 0 Å². The molecule has 0 unspecified atom stereocenters. The number of aromatic nitrogens is 2. The van der Waals surface area contributed by atoms with Crippen LogP contribution in [0.25, 0.3) is 10.9 Å². The third kappa shape index (κ3) is 2.84. The second-order valence-electron chi connectivity index (χ2n) is 5.25. The van der Waals surface area contributed by atoms with Crippen molar-refractivity contribution >= 4 is 10.9 Å². The summed E-state index contributed by atoms with van der Waals surface area (Å²) in [6.45, 7) is 0.644. The third-order valence-electron chi connectivity index (χ3n) is 3.83. The zero-order chi connectivity index (χ0) is 13.1. The molecule has 4 heteroatoms. The molecule has 0 bridgehead atoms. The largest absolute Gasteiger partial charge is 0.309 e. The Kier molecular flexibility index (Phi) is 3.60. The number of aromatic amines is 1. The van der Waals surface area contributed by atoms with Crippen LogP contribution in [0.3, 0.4) is 0 Å². The maximum atomic E-state index is 11.9. The van der Waals surface area contributed by atoms with E-state index in [0.717, 1.165) is 11.3 Å². The van der Waals surface area contributed by atoms with Gasteiger partial charge in [0.25, 0.3) is 5.56 Å². The van der Waals surface area contributed by atoms with Crippen LogP contribution in [-0.4, -0.2) is 16.0 Å². The Labute approximate surface area is 112 Å². The Morgan fingerprint density at radius 3 is 2.84 bits per heavy atom. The molecule has 0 radical (unpaired) electrons. The molecule has 2 aromatic rings. The first-order chi connectivity index (χ1) is 9.33. The number of hydrogen-bond donors (Lipinski definition) is 2. The van der Waals surface area contributed by atoms with Crippen LogP contribution >= 0.6 is 0 Å². The summed E-state index contributed by atoms with van der Waals surface area (Å²) < 4.78 is 0. The van der Waals surface area contributed by atoms with Crippen LogP contribution in [0.1, 0.15) is 37.9 Å². The topological polar surface area (TPSA) is 57.8 Å². The van der Waals surface area contributed by atoms with E-state index in [-0.39, 0.29) is 5.56 Å². The van der Waals surface area contributed by atoms with Gasteiger partial charge in [-0.25, -0.2) is 4.98 Å². The number of hydrogen-bond acceptors (Lipinski definition) is 3. The summed E-state index contributed by atoms with van der Waals surface area (Å²) in [5, 5.41) is 4.15. The first-order valence-electron chi connectivity index (χ1n) is 7.04. The number of rotatable bonds is 3. The lowest BCUT2D eigenvalue weighted by molar-refractivity contribution is 0.369. The predicted molar refractivity (Wildman–Crippen MR) is 76.1 cm³/mol. The van der Waals surface area contributed by atoms with Crippen molar-refractivity contribution in [2.75, 3.05) is 0 Å². The van der Waals surface area contributed by atoms with E-state index in [1.807, 2.05) is 18.2 Å². The molecule has 19 heavy (non-hydrogen) atoms. The molecule has 100 valence electrons. The Hall–Kier alpha value is -1.68. The molecule has 4 nitrogen and oxygen atoms in total. The lowest BCUT2D eigenvalue weighted by Gasteiger charge is -2.22. The van der Waals surface area contributed by atoms with Gasteiger partial charge in [0.05, 0.1) is 17.4 Å². The molecule has 0 aliphatic heterocycles. The van der Waals surface area contributed by atoms with Crippen LogP contribution in [0, 0.1) is 0 Å². The molecule has 1 aromatic heterocycles. The first-order valence-corrected chi connectivity index (χ1v) is 7.04. The maximum Gasteiger partial charge on any atom is 0.258 e. The Bertz CT molecular complexity index is 614. The monoisotopic (exact) mass is 257 g/mol. The Morgan fingerprint density at radius 2 is 2.00 bits per heavy atom. The molecule has 0 saturated heterocycles. The molecule has 0 spiro atoms. The van der Waals surface area contributed by atoms with Gasteiger partial charge in [-0.2, -0.15) is 0 Å². The fourth-order valence-corrected chi connectivity index (χ4v) is 2.77. The Balaban J connectivity index is 1.75. The van der Waals surface area contributed by atoms with E-state index in [1.165, 1.54) is 32.1 Å². The number of nitrogens with one attached hydrogen (secondary N) is 2. The molecule has 2 N–H and O–H groups in total. The van der Waals surface area contributed by atoms with Crippen LogP contribution in [0.2, 0.25) is 0 Å². The fraction of sp³-hybridized carbons (Fsp3) is 0.467. The van der Waals surface area contributed by atoms with Gasteiger partial charge in [0, 0.05) is 6.04 Å². The quantitative estimate of drug-likeness (QED) is 0.887. The summed E-state index contributed by atoms with van der Waals surface area (Å²) in [6.07, 6.45) is 6.43. The highest BCUT2D eigenvalue weighted by Gasteiger charge is 2.13. The highest BCUT2D eigenvalue weighted by molar-refractivity contribution is 5.77. The van der Waals surface area contributed by atoms with E-state index in [2.05, 4.69) is 15.3 Å². The predicted octanol–water partition coefficient (Wildman–Crippen LogP) is 2.35. The summed E-state index contributed by atoms with van der Waals surface area (Å²) >= 11 is 0. The second kappa shape index (κ2) is 5.53. The van der Waals surface area contributed by atoms with E-state index < -0.39 is 0 Å². The molecular weight excluding hydrogens is 238 g/mol. The minimum atomic E-state index is -0.0500. The van der Waals surface area contributed by atoms with Gasteiger partial charge in [-0.15, -0.1) is 0 Å². The zero-order valence-electron chi connectivity index (χ0n) is 11.0. The average Bonchev–Trinajstić information content (AvgIpc) is 2.46. The van der Waals surface area contributed by atoms with E-state index in [0.29, 0.717) is 18.0 Å². The van der Waals surface area contributed by atoms with Gasteiger partial charge >= 0.3 is 0 Å². The van der Waals surface area contributed by atoms with E-state index >= 15 is 0 Å². The molecule has 0 atom stereocenters. The summed E-state index contributed by atoms with van der Waals surface area (Å²) in [7, 11) is 0. The van der Waals surface area contributed by atoms with Crippen LogP contribution in [-0.2, 0) is 6.54 Å². The number of fused-ring (bicyclic) bond motifs is 1. The molecule has 3 rings (SSSR count). The smallest absolute Gasteiger partial charge is 0.258 e. The highest BCUT2D eigenvalue weighted by Crippen LogP contribution is 2.17. The van der Waals surface area contributed by atoms with Gasteiger partial charge in [-0.05, 0) is 25.0 Å². The molecule has 1 aliphatic carbocycles. The minimum absolute atomic E-state index is 0.0500. The molecule has 0 amide bonds. The number of nitrogens with zero attached hydrogens (tertiary/aromatic N) is 1. The van der Waals surface area contributed by atoms with Crippen molar-refractivity contribution in [2.24, 2.45) is 0 Å². The number of benzene rings is 1. The Morgan fingerprint density at radius 1 is 1.21 bits per heavy atom. The van der Waals surface area contributed by atoms with Gasteiger partial charge in [-0.3, -0.25) is 4.79 Å². The summed E-state index contributed by atoms with van der Waals surface area (Å²) in [5.74, 6) is 0.731. The lowest BCUT2D eigenvalue weighted by atomic mass is 9.95. The number of para-hydroxylation sites is 1. The van der Waals surface area contributed by atoms with Crippen molar-refractivity contribution in [3.63, 3.8) is 0 Å². The van der Waals surface area contributed by atoms with Crippen LogP contribution < -0.4 is 10.9 Å². The van der Waals surface area contributed by atoms with Crippen molar-refractivity contribution in [3.05, 3.63) is 40.4 Å². The van der Waals surface area contributed by atoms with Crippen molar-refractivity contribution in [2.45, 2.75) is 44.7 Å². The van der Waals surface area contributed by atoms with Gasteiger partial charge in [0.1, 0.15) is 5.82 Å².